The Balaban J connectivity index is 1.90. The van der Waals surface area contributed by atoms with Gasteiger partial charge in [-0.05, 0) is 45.0 Å². The maximum absolute atomic E-state index is 13.3. The molecule has 4 heteroatoms. The molecule has 3 atom stereocenters. The van der Waals surface area contributed by atoms with E-state index in [0.29, 0.717) is 12.2 Å². The van der Waals surface area contributed by atoms with E-state index >= 15 is 0 Å². The van der Waals surface area contributed by atoms with E-state index in [0.717, 1.165) is 31.6 Å². The molecule has 1 aliphatic rings. The van der Waals surface area contributed by atoms with E-state index in [2.05, 4.69) is 24.1 Å². The Labute approximate surface area is 121 Å². The van der Waals surface area contributed by atoms with E-state index in [4.69, 9.17) is 4.74 Å². The first kappa shape index (κ1) is 15.4. The monoisotopic (exact) mass is 280 g/mol. The average molecular weight is 280 g/mol. The van der Waals surface area contributed by atoms with E-state index in [9.17, 15) is 4.39 Å². The third-order valence-corrected chi connectivity index (χ3v) is 3.83. The molecule has 1 heterocycles. The van der Waals surface area contributed by atoms with Crippen LogP contribution in [0.3, 0.4) is 0 Å². The first-order chi connectivity index (χ1) is 9.58. The van der Waals surface area contributed by atoms with Crippen LogP contribution in [-0.4, -0.2) is 43.8 Å². The van der Waals surface area contributed by atoms with Gasteiger partial charge in [0.05, 0.1) is 12.2 Å². The summed E-state index contributed by atoms with van der Waals surface area (Å²) < 4.78 is 19.0. The Morgan fingerprint density at radius 3 is 2.65 bits per heavy atom. The summed E-state index contributed by atoms with van der Waals surface area (Å²) in [5.41, 5.74) is 1.02. The molecule has 3 nitrogen and oxygen atoms in total. The highest BCUT2D eigenvalue weighted by atomic mass is 19.1. The number of nitrogens with zero attached hydrogens (tertiary/aromatic N) is 1. The van der Waals surface area contributed by atoms with Crippen LogP contribution in [0, 0.1) is 5.82 Å². The molecule has 2 rings (SSSR count). The minimum Gasteiger partial charge on any atom is -0.373 e. The summed E-state index contributed by atoms with van der Waals surface area (Å²) in [6.07, 6.45) is 1.56. The van der Waals surface area contributed by atoms with Gasteiger partial charge in [-0.25, -0.2) is 4.39 Å². The Morgan fingerprint density at radius 2 is 2.05 bits per heavy atom. The summed E-state index contributed by atoms with van der Waals surface area (Å²) in [5, 5.41) is 3.28. The van der Waals surface area contributed by atoms with Crippen LogP contribution >= 0.6 is 0 Å². The van der Waals surface area contributed by atoms with Crippen molar-refractivity contribution in [3.8, 4) is 0 Å². The number of halogens is 1. The van der Waals surface area contributed by atoms with Gasteiger partial charge in [0, 0.05) is 25.7 Å². The molecular formula is C16H25FN2O. The highest BCUT2D eigenvalue weighted by Crippen LogP contribution is 2.19. The van der Waals surface area contributed by atoms with E-state index < -0.39 is 0 Å². The molecule has 0 aromatic heterocycles. The van der Waals surface area contributed by atoms with Crippen molar-refractivity contribution in [1.82, 2.24) is 10.2 Å². The molecule has 1 N–H and O–H groups in total. The fourth-order valence-electron chi connectivity index (χ4n) is 2.98. The minimum absolute atomic E-state index is 0.170. The van der Waals surface area contributed by atoms with Gasteiger partial charge in [-0.3, -0.25) is 4.90 Å². The van der Waals surface area contributed by atoms with Crippen LogP contribution in [0.25, 0.3) is 0 Å². The van der Waals surface area contributed by atoms with Gasteiger partial charge >= 0.3 is 0 Å². The van der Waals surface area contributed by atoms with E-state index in [1.54, 1.807) is 12.1 Å². The number of morpholine rings is 1. The first-order valence-corrected chi connectivity index (χ1v) is 7.39. The van der Waals surface area contributed by atoms with Crippen LogP contribution in [0.2, 0.25) is 0 Å². The molecule has 1 aliphatic heterocycles. The van der Waals surface area contributed by atoms with Crippen LogP contribution in [0.1, 0.15) is 31.9 Å². The molecular weight excluding hydrogens is 255 g/mol. The molecule has 0 bridgehead atoms. The second-order valence-electron chi connectivity index (χ2n) is 5.70. The molecule has 1 unspecified atom stereocenters. The normalized spacial score (nSPS) is 25.6. The fourth-order valence-corrected chi connectivity index (χ4v) is 2.98. The zero-order chi connectivity index (χ0) is 14.5. The number of benzene rings is 1. The quantitative estimate of drug-likeness (QED) is 0.897. The summed E-state index contributed by atoms with van der Waals surface area (Å²) in [6, 6.07) is 7.05. The van der Waals surface area contributed by atoms with Crippen molar-refractivity contribution in [3.05, 3.63) is 35.6 Å². The number of hydrogen-bond acceptors (Lipinski definition) is 3. The smallest absolute Gasteiger partial charge is 0.123 e. The molecule has 1 aromatic rings. The zero-order valence-electron chi connectivity index (χ0n) is 12.6. The lowest BCUT2D eigenvalue weighted by Gasteiger charge is -2.36. The van der Waals surface area contributed by atoms with Crippen molar-refractivity contribution in [2.45, 2.75) is 38.5 Å². The van der Waals surface area contributed by atoms with Crippen LogP contribution in [0.15, 0.2) is 24.3 Å². The van der Waals surface area contributed by atoms with Gasteiger partial charge in [-0.1, -0.05) is 12.1 Å². The van der Waals surface area contributed by atoms with Gasteiger partial charge in [-0.15, -0.1) is 0 Å². The zero-order valence-corrected chi connectivity index (χ0v) is 12.6. The lowest BCUT2D eigenvalue weighted by Crippen LogP contribution is -2.46. The summed E-state index contributed by atoms with van der Waals surface area (Å²) in [7, 11) is 1.93. The van der Waals surface area contributed by atoms with Crippen LogP contribution in [0.4, 0.5) is 4.39 Å². The predicted molar refractivity (Wildman–Crippen MR) is 79.3 cm³/mol. The first-order valence-electron chi connectivity index (χ1n) is 7.39. The number of hydrogen-bond donors (Lipinski definition) is 1. The maximum atomic E-state index is 13.3. The Bertz CT molecular complexity index is 417. The topological polar surface area (TPSA) is 24.5 Å². The van der Waals surface area contributed by atoms with Gasteiger partial charge in [0.2, 0.25) is 0 Å². The molecule has 0 saturated carbocycles. The number of ether oxygens (including phenoxy) is 1. The second-order valence-corrected chi connectivity index (χ2v) is 5.70. The van der Waals surface area contributed by atoms with E-state index in [-0.39, 0.29) is 11.9 Å². The lowest BCUT2D eigenvalue weighted by molar-refractivity contribution is -0.0685. The highest BCUT2D eigenvalue weighted by molar-refractivity contribution is 5.20. The van der Waals surface area contributed by atoms with Gasteiger partial charge in [-0.2, -0.15) is 0 Å². The summed E-state index contributed by atoms with van der Waals surface area (Å²) in [4.78, 5) is 2.43. The summed E-state index contributed by atoms with van der Waals surface area (Å²) in [6.45, 7) is 7.18. The van der Waals surface area contributed by atoms with E-state index in [1.165, 1.54) is 6.07 Å². The van der Waals surface area contributed by atoms with Gasteiger partial charge in [0.1, 0.15) is 5.82 Å². The van der Waals surface area contributed by atoms with Crippen molar-refractivity contribution in [2.75, 3.05) is 26.7 Å². The van der Waals surface area contributed by atoms with Crippen molar-refractivity contribution < 1.29 is 9.13 Å². The second kappa shape index (κ2) is 7.16. The van der Waals surface area contributed by atoms with Crippen LogP contribution in [0.5, 0.6) is 0 Å². The molecule has 1 aromatic carbocycles. The van der Waals surface area contributed by atoms with E-state index in [1.807, 2.05) is 13.1 Å². The Morgan fingerprint density at radius 1 is 1.35 bits per heavy atom. The maximum Gasteiger partial charge on any atom is 0.123 e. The van der Waals surface area contributed by atoms with Crippen LogP contribution in [-0.2, 0) is 4.74 Å². The molecule has 0 aliphatic carbocycles. The molecule has 0 radical (unpaired) electrons. The Kier molecular flexibility index (Phi) is 5.52. The average Bonchev–Trinajstić information content (AvgIpc) is 2.38. The highest BCUT2D eigenvalue weighted by Gasteiger charge is 2.22. The van der Waals surface area contributed by atoms with Crippen molar-refractivity contribution >= 4 is 0 Å². The van der Waals surface area contributed by atoms with Crippen LogP contribution < -0.4 is 5.32 Å². The third kappa shape index (κ3) is 4.27. The van der Waals surface area contributed by atoms with Gasteiger partial charge in [0.25, 0.3) is 0 Å². The fraction of sp³-hybridized carbons (Fsp3) is 0.625. The molecule has 20 heavy (non-hydrogen) atoms. The molecule has 112 valence electrons. The van der Waals surface area contributed by atoms with Gasteiger partial charge < -0.3 is 10.1 Å². The molecule has 0 amide bonds. The SMILES string of the molecule is CNC(CCN1C[C@@H](C)O[C@@H](C)C1)c1cccc(F)c1. The molecule has 1 fully saturated rings. The Hall–Kier alpha value is -0.970. The number of nitrogens with one attached hydrogen (secondary N) is 1. The summed E-state index contributed by atoms with van der Waals surface area (Å²) >= 11 is 0. The minimum atomic E-state index is -0.170. The molecule has 0 spiro atoms. The molecule has 1 saturated heterocycles. The van der Waals surface area contributed by atoms with Crippen molar-refractivity contribution in [1.29, 1.82) is 0 Å². The van der Waals surface area contributed by atoms with Crippen molar-refractivity contribution in [3.63, 3.8) is 0 Å². The van der Waals surface area contributed by atoms with Gasteiger partial charge in [0.15, 0.2) is 0 Å². The predicted octanol–water partition coefficient (Wildman–Crippen LogP) is 2.59. The van der Waals surface area contributed by atoms with Crippen molar-refractivity contribution in [2.24, 2.45) is 0 Å². The third-order valence-electron chi connectivity index (χ3n) is 3.83. The lowest BCUT2D eigenvalue weighted by atomic mass is 10.0. The number of rotatable bonds is 5. The summed E-state index contributed by atoms with van der Waals surface area (Å²) in [5.74, 6) is -0.170. The standard InChI is InChI=1S/C16H25FN2O/c1-12-10-19(11-13(2)20-12)8-7-16(18-3)14-5-4-6-15(17)9-14/h4-6,9,12-13,16,18H,7-8,10-11H2,1-3H3/t12-,13+,16?. The largest absolute Gasteiger partial charge is 0.373 e.